The third-order valence-corrected chi connectivity index (χ3v) is 3.15. The highest BCUT2D eigenvalue weighted by atomic mass is 127. The Kier molecular flexibility index (Phi) is 5.75. The van der Waals surface area contributed by atoms with E-state index in [1.54, 1.807) is 0 Å². The molecule has 1 amide bonds. The van der Waals surface area contributed by atoms with E-state index in [0.717, 1.165) is 17.4 Å². The van der Waals surface area contributed by atoms with Crippen LogP contribution in [0.3, 0.4) is 0 Å². The van der Waals surface area contributed by atoms with E-state index in [9.17, 15) is 4.79 Å². The van der Waals surface area contributed by atoms with Crippen LogP contribution < -0.4 is 5.32 Å². The summed E-state index contributed by atoms with van der Waals surface area (Å²) in [6.07, 6.45) is 7.30. The summed E-state index contributed by atoms with van der Waals surface area (Å²) in [7, 11) is 0. The van der Waals surface area contributed by atoms with E-state index >= 15 is 0 Å². The van der Waals surface area contributed by atoms with Crippen molar-refractivity contribution in [3.8, 4) is 0 Å². The molecule has 2 nitrogen and oxygen atoms in total. The summed E-state index contributed by atoms with van der Waals surface area (Å²) in [6.45, 7) is 0.826. The number of rotatable bonds is 4. The molecule has 0 aromatic carbocycles. The van der Waals surface area contributed by atoms with Gasteiger partial charge in [0.05, 0.1) is 0 Å². The lowest BCUT2D eigenvalue weighted by atomic mass is 9.87. The molecule has 0 bridgehead atoms. The van der Waals surface area contributed by atoms with Crippen LogP contribution >= 0.6 is 22.6 Å². The summed E-state index contributed by atoms with van der Waals surface area (Å²) in [6, 6.07) is 0. The van der Waals surface area contributed by atoms with Crippen molar-refractivity contribution < 1.29 is 4.79 Å². The number of halogens is 1. The maximum Gasteiger partial charge on any atom is 0.220 e. The van der Waals surface area contributed by atoms with Crippen LogP contribution in [-0.4, -0.2) is 16.9 Å². The van der Waals surface area contributed by atoms with Gasteiger partial charge in [-0.25, -0.2) is 0 Å². The summed E-state index contributed by atoms with van der Waals surface area (Å²) in [5, 5.41) is 2.93. The van der Waals surface area contributed by atoms with Gasteiger partial charge in [0, 0.05) is 17.4 Å². The van der Waals surface area contributed by atoms with Crippen molar-refractivity contribution in [3.05, 3.63) is 0 Å². The number of hydrogen-bond acceptors (Lipinski definition) is 1. The van der Waals surface area contributed by atoms with Gasteiger partial charge in [0.15, 0.2) is 0 Å². The lowest BCUT2D eigenvalue weighted by molar-refractivity contribution is -0.122. The van der Waals surface area contributed by atoms with Crippen LogP contribution in [0.1, 0.15) is 38.5 Å². The highest BCUT2D eigenvalue weighted by Crippen LogP contribution is 2.25. The maximum atomic E-state index is 11.4. The minimum atomic E-state index is 0.253. The van der Waals surface area contributed by atoms with Gasteiger partial charge >= 0.3 is 0 Å². The fraction of sp³-hybridized carbons (Fsp3) is 0.900. The van der Waals surface area contributed by atoms with Crippen molar-refractivity contribution in [1.29, 1.82) is 0 Å². The number of hydrogen-bond donors (Lipinski definition) is 1. The van der Waals surface area contributed by atoms with Crippen LogP contribution in [-0.2, 0) is 4.79 Å². The fourth-order valence-corrected chi connectivity index (χ4v) is 2.18. The molecule has 1 aliphatic carbocycles. The van der Waals surface area contributed by atoms with Crippen molar-refractivity contribution in [2.24, 2.45) is 5.92 Å². The van der Waals surface area contributed by atoms with Gasteiger partial charge in [0.1, 0.15) is 0 Å². The molecule has 0 atom stereocenters. The van der Waals surface area contributed by atoms with E-state index < -0.39 is 0 Å². The molecule has 0 spiro atoms. The third-order valence-electron chi connectivity index (χ3n) is 2.62. The topological polar surface area (TPSA) is 29.1 Å². The Morgan fingerprint density at radius 2 is 2.00 bits per heavy atom. The molecule has 1 saturated carbocycles. The molecule has 0 aliphatic heterocycles. The van der Waals surface area contributed by atoms with Crippen LogP contribution in [0.5, 0.6) is 0 Å². The second-order valence-electron chi connectivity index (χ2n) is 3.75. The van der Waals surface area contributed by atoms with Crippen molar-refractivity contribution in [2.75, 3.05) is 11.0 Å². The Morgan fingerprint density at radius 1 is 1.31 bits per heavy atom. The van der Waals surface area contributed by atoms with E-state index in [0.29, 0.717) is 5.92 Å². The highest BCUT2D eigenvalue weighted by Gasteiger charge is 2.16. The predicted octanol–water partition coefficient (Wildman–Crippen LogP) is 2.51. The molecule has 0 aromatic rings. The van der Waals surface area contributed by atoms with Crippen molar-refractivity contribution in [1.82, 2.24) is 5.32 Å². The Morgan fingerprint density at radius 3 is 2.62 bits per heavy atom. The standard InChI is InChI=1S/C10H18INO/c11-6-7-12-10(13)8-9-4-2-1-3-5-9/h9H,1-8H2,(H,12,13). The summed E-state index contributed by atoms with van der Waals surface area (Å²) in [5.41, 5.74) is 0. The maximum absolute atomic E-state index is 11.4. The van der Waals surface area contributed by atoms with Crippen molar-refractivity contribution >= 4 is 28.5 Å². The molecule has 0 radical (unpaired) electrons. The van der Waals surface area contributed by atoms with E-state index in [-0.39, 0.29) is 5.91 Å². The van der Waals surface area contributed by atoms with Crippen LogP contribution in [0.4, 0.5) is 0 Å². The zero-order valence-electron chi connectivity index (χ0n) is 8.02. The van der Waals surface area contributed by atoms with Gasteiger partial charge in [-0.15, -0.1) is 0 Å². The second-order valence-corrected chi connectivity index (χ2v) is 4.83. The van der Waals surface area contributed by atoms with Gasteiger partial charge in [-0.1, -0.05) is 41.9 Å². The van der Waals surface area contributed by atoms with Gasteiger partial charge < -0.3 is 5.32 Å². The third kappa shape index (κ3) is 4.84. The molecular formula is C10H18INO. The zero-order valence-corrected chi connectivity index (χ0v) is 10.2. The van der Waals surface area contributed by atoms with Gasteiger partial charge in [-0.05, 0) is 18.8 Å². The molecular weight excluding hydrogens is 277 g/mol. The second kappa shape index (κ2) is 6.62. The van der Waals surface area contributed by atoms with Crippen LogP contribution in [0.2, 0.25) is 0 Å². The normalized spacial score (nSPS) is 18.5. The van der Waals surface area contributed by atoms with Crippen LogP contribution in [0, 0.1) is 5.92 Å². The Bertz CT molecular complexity index is 155. The van der Waals surface area contributed by atoms with Crippen molar-refractivity contribution in [2.45, 2.75) is 38.5 Å². The smallest absolute Gasteiger partial charge is 0.220 e. The Balaban J connectivity index is 2.11. The molecule has 1 rings (SSSR count). The first-order valence-corrected chi connectivity index (χ1v) is 6.68. The Labute approximate surface area is 94.0 Å². The molecule has 13 heavy (non-hydrogen) atoms. The van der Waals surface area contributed by atoms with Gasteiger partial charge in [0.2, 0.25) is 5.91 Å². The quantitative estimate of drug-likeness (QED) is 0.626. The van der Waals surface area contributed by atoms with Crippen molar-refractivity contribution in [3.63, 3.8) is 0 Å². The molecule has 0 saturated heterocycles. The molecule has 1 N–H and O–H groups in total. The molecule has 1 fully saturated rings. The van der Waals surface area contributed by atoms with Crippen LogP contribution in [0.25, 0.3) is 0 Å². The number of nitrogens with one attached hydrogen (secondary N) is 1. The predicted molar refractivity (Wildman–Crippen MR) is 63.1 cm³/mol. The van der Waals surface area contributed by atoms with E-state index in [4.69, 9.17) is 0 Å². The lowest BCUT2D eigenvalue weighted by Crippen LogP contribution is -2.27. The zero-order chi connectivity index (χ0) is 9.52. The average molecular weight is 295 g/mol. The average Bonchev–Trinajstić information content (AvgIpc) is 2.16. The highest BCUT2D eigenvalue weighted by molar-refractivity contribution is 14.1. The lowest BCUT2D eigenvalue weighted by Gasteiger charge is -2.20. The largest absolute Gasteiger partial charge is 0.355 e. The number of carbonyl (C=O) groups is 1. The van der Waals surface area contributed by atoms with Gasteiger partial charge in [-0.3, -0.25) is 4.79 Å². The van der Waals surface area contributed by atoms with E-state index in [2.05, 4.69) is 27.9 Å². The summed E-state index contributed by atoms with van der Waals surface area (Å²) < 4.78 is 1.01. The summed E-state index contributed by atoms with van der Waals surface area (Å²) >= 11 is 2.28. The van der Waals surface area contributed by atoms with E-state index in [1.807, 2.05) is 0 Å². The number of amides is 1. The number of alkyl halides is 1. The minimum absolute atomic E-state index is 0.253. The number of carbonyl (C=O) groups excluding carboxylic acids is 1. The molecule has 76 valence electrons. The van der Waals surface area contributed by atoms with Gasteiger partial charge in [-0.2, -0.15) is 0 Å². The SMILES string of the molecule is O=C(CC1CCCCC1)NCCI. The van der Waals surface area contributed by atoms with E-state index in [1.165, 1.54) is 32.1 Å². The van der Waals surface area contributed by atoms with Crippen LogP contribution in [0.15, 0.2) is 0 Å². The monoisotopic (exact) mass is 295 g/mol. The van der Waals surface area contributed by atoms with Gasteiger partial charge in [0.25, 0.3) is 0 Å². The first-order valence-electron chi connectivity index (χ1n) is 5.15. The summed E-state index contributed by atoms with van der Waals surface area (Å²) in [4.78, 5) is 11.4. The molecule has 0 heterocycles. The molecule has 0 aromatic heterocycles. The molecule has 0 unspecified atom stereocenters. The molecule has 1 aliphatic rings. The molecule has 3 heteroatoms. The first-order chi connectivity index (χ1) is 6.33. The minimum Gasteiger partial charge on any atom is -0.355 e. The fourth-order valence-electron chi connectivity index (χ4n) is 1.91. The summed E-state index contributed by atoms with van der Waals surface area (Å²) in [5.74, 6) is 0.923. The Hall–Kier alpha value is 0.200. The first kappa shape index (κ1) is 11.3.